The average molecular weight is 490 g/mol. The minimum Gasteiger partial charge on any atom is -0.489 e. The maximum Gasteiger partial charge on any atom is 0.225 e. The molecule has 0 heterocycles. The summed E-state index contributed by atoms with van der Waals surface area (Å²) in [7, 11) is 0. The van der Waals surface area contributed by atoms with Gasteiger partial charge in [-0.15, -0.1) is 24.0 Å². The molecule has 1 rings (SSSR count). The molecule has 6 nitrogen and oxygen atoms in total. The topological polar surface area (TPSA) is 74.8 Å². The third-order valence-corrected chi connectivity index (χ3v) is 3.56. The Bertz CT molecular complexity index is 600. The Balaban J connectivity index is 0.00000676. The minimum atomic E-state index is -0.374. The van der Waals surface area contributed by atoms with E-state index in [1.54, 1.807) is 0 Å². The molecule has 1 atom stereocenters. The van der Waals surface area contributed by atoms with Crippen molar-refractivity contribution in [1.82, 2.24) is 16.0 Å². The van der Waals surface area contributed by atoms with Crippen molar-refractivity contribution >= 4 is 35.8 Å². The Labute approximate surface area is 181 Å². The highest BCUT2D eigenvalue weighted by atomic mass is 127. The van der Waals surface area contributed by atoms with Crippen molar-refractivity contribution in [2.45, 2.75) is 47.6 Å². The van der Waals surface area contributed by atoms with Gasteiger partial charge < -0.3 is 20.7 Å². The van der Waals surface area contributed by atoms with Crippen LogP contribution >= 0.6 is 24.0 Å². The Morgan fingerprint density at radius 3 is 2.44 bits per heavy atom. The Morgan fingerprint density at radius 1 is 1.19 bits per heavy atom. The van der Waals surface area contributed by atoms with Crippen LogP contribution in [0.1, 0.15) is 40.2 Å². The fourth-order valence-corrected chi connectivity index (χ4v) is 2.14. The number of rotatable bonds is 8. The summed E-state index contributed by atoms with van der Waals surface area (Å²) in [5.74, 6) is 1.62. The van der Waals surface area contributed by atoms with Gasteiger partial charge in [-0.25, -0.2) is 4.99 Å². The van der Waals surface area contributed by atoms with E-state index in [-0.39, 0.29) is 41.4 Å². The van der Waals surface area contributed by atoms with Gasteiger partial charge in [0.15, 0.2) is 5.96 Å². The van der Waals surface area contributed by atoms with Crippen molar-refractivity contribution in [3.05, 3.63) is 29.8 Å². The van der Waals surface area contributed by atoms with E-state index in [1.165, 1.54) is 5.56 Å². The molecule has 0 spiro atoms. The molecule has 1 unspecified atom stereocenters. The molecule has 154 valence electrons. The van der Waals surface area contributed by atoms with E-state index in [9.17, 15) is 4.79 Å². The van der Waals surface area contributed by atoms with E-state index in [4.69, 9.17) is 4.74 Å². The predicted octanol–water partition coefficient (Wildman–Crippen LogP) is 3.10. The summed E-state index contributed by atoms with van der Waals surface area (Å²) in [6.45, 7) is 14.2. The van der Waals surface area contributed by atoms with Gasteiger partial charge in [-0.2, -0.15) is 0 Å². The second kappa shape index (κ2) is 12.8. The number of ether oxygens (including phenoxy) is 1. The molecule has 0 aliphatic carbocycles. The molecule has 0 aromatic heterocycles. The average Bonchev–Trinajstić information content (AvgIpc) is 2.55. The summed E-state index contributed by atoms with van der Waals surface area (Å²) in [6.07, 6.45) is -0.0344. The van der Waals surface area contributed by atoms with E-state index in [2.05, 4.69) is 20.9 Å². The summed E-state index contributed by atoms with van der Waals surface area (Å²) < 4.78 is 5.90. The number of guanidine groups is 1. The van der Waals surface area contributed by atoms with Crippen LogP contribution in [0.15, 0.2) is 29.3 Å². The van der Waals surface area contributed by atoms with Gasteiger partial charge in [0.05, 0.1) is 6.54 Å². The number of nitrogens with one attached hydrogen (secondary N) is 3. The smallest absolute Gasteiger partial charge is 0.225 e. The molecule has 1 aromatic carbocycles. The summed E-state index contributed by atoms with van der Waals surface area (Å²) >= 11 is 0. The van der Waals surface area contributed by atoms with Gasteiger partial charge in [-0.3, -0.25) is 4.79 Å². The fraction of sp³-hybridized carbons (Fsp3) is 0.600. The van der Waals surface area contributed by atoms with Crippen LogP contribution in [0.3, 0.4) is 0 Å². The van der Waals surface area contributed by atoms with Crippen LogP contribution < -0.4 is 20.7 Å². The first-order chi connectivity index (χ1) is 12.2. The minimum absolute atomic E-state index is 0. The van der Waals surface area contributed by atoms with Crippen LogP contribution in [0.4, 0.5) is 0 Å². The highest BCUT2D eigenvalue weighted by molar-refractivity contribution is 14.0. The van der Waals surface area contributed by atoms with Crippen molar-refractivity contribution in [2.75, 3.05) is 26.2 Å². The maximum absolute atomic E-state index is 11.8. The Morgan fingerprint density at radius 2 is 1.85 bits per heavy atom. The lowest BCUT2D eigenvalue weighted by molar-refractivity contribution is -0.128. The van der Waals surface area contributed by atoms with Crippen molar-refractivity contribution in [3.8, 4) is 5.75 Å². The molecule has 3 N–H and O–H groups in total. The van der Waals surface area contributed by atoms with E-state index in [0.29, 0.717) is 19.6 Å². The number of nitrogens with zero attached hydrogens (tertiary/aromatic N) is 1. The number of amides is 1. The van der Waals surface area contributed by atoms with Crippen LogP contribution in [0, 0.1) is 12.3 Å². The number of halogens is 1. The van der Waals surface area contributed by atoms with E-state index < -0.39 is 0 Å². The third kappa shape index (κ3) is 11.0. The second-order valence-corrected chi connectivity index (χ2v) is 7.40. The highest BCUT2D eigenvalue weighted by Crippen LogP contribution is 2.14. The van der Waals surface area contributed by atoms with Gasteiger partial charge in [0.1, 0.15) is 11.9 Å². The molecule has 7 heteroatoms. The van der Waals surface area contributed by atoms with Crippen LogP contribution in [0.25, 0.3) is 0 Å². The van der Waals surface area contributed by atoms with Gasteiger partial charge in [0, 0.05) is 25.0 Å². The third-order valence-electron chi connectivity index (χ3n) is 3.56. The van der Waals surface area contributed by atoms with Gasteiger partial charge >= 0.3 is 0 Å². The molecule has 27 heavy (non-hydrogen) atoms. The standard InChI is InChI=1S/C20H34N4O2.HI/c1-7-21-19(23-12-11-22-18(25)20(4,5)6)24-14-16(3)26-17-10-8-9-15(2)13-17;/h8-10,13,16H,7,11-12,14H2,1-6H3,(H,22,25)(H2,21,23,24);1H. The van der Waals surface area contributed by atoms with Crippen LogP contribution in [0.2, 0.25) is 0 Å². The number of carbonyl (C=O) groups is 1. The molecule has 1 aromatic rings. The quantitative estimate of drug-likeness (QED) is 0.227. The summed E-state index contributed by atoms with van der Waals surface area (Å²) in [6, 6.07) is 8.00. The summed E-state index contributed by atoms with van der Waals surface area (Å²) in [5, 5.41) is 9.34. The Hall–Kier alpha value is -1.51. The van der Waals surface area contributed by atoms with E-state index >= 15 is 0 Å². The zero-order valence-electron chi connectivity index (χ0n) is 17.4. The lowest BCUT2D eigenvalue weighted by Gasteiger charge is -2.18. The van der Waals surface area contributed by atoms with Crippen LogP contribution in [-0.4, -0.2) is 44.1 Å². The van der Waals surface area contributed by atoms with Crippen molar-refractivity contribution < 1.29 is 9.53 Å². The molecule has 0 saturated carbocycles. The lowest BCUT2D eigenvalue weighted by atomic mass is 9.96. The first kappa shape index (κ1) is 25.5. The predicted molar refractivity (Wildman–Crippen MR) is 123 cm³/mol. The second-order valence-electron chi connectivity index (χ2n) is 7.40. The first-order valence-electron chi connectivity index (χ1n) is 9.26. The van der Waals surface area contributed by atoms with Gasteiger partial charge in [-0.1, -0.05) is 32.9 Å². The zero-order valence-corrected chi connectivity index (χ0v) is 19.7. The molecule has 0 aliphatic rings. The van der Waals surface area contributed by atoms with Gasteiger partial charge in [0.2, 0.25) is 5.91 Å². The first-order valence-corrected chi connectivity index (χ1v) is 9.26. The summed E-state index contributed by atoms with van der Waals surface area (Å²) in [5.41, 5.74) is 0.798. The normalized spacial score (nSPS) is 12.6. The van der Waals surface area contributed by atoms with Crippen molar-refractivity contribution in [1.29, 1.82) is 0 Å². The molecule has 0 radical (unpaired) electrons. The largest absolute Gasteiger partial charge is 0.489 e. The molecule has 0 saturated heterocycles. The lowest BCUT2D eigenvalue weighted by Crippen LogP contribution is -2.43. The van der Waals surface area contributed by atoms with Crippen LogP contribution in [-0.2, 0) is 4.79 Å². The number of aryl methyl sites for hydroxylation is 1. The molecule has 0 fully saturated rings. The number of benzene rings is 1. The summed E-state index contributed by atoms with van der Waals surface area (Å²) in [4.78, 5) is 16.4. The van der Waals surface area contributed by atoms with Gasteiger partial charge in [0.25, 0.3) is 0 Å². The monoisotopic (exact) mass is 490 g/mol. The SMILES string of the molecule is CCNC(=NCC(C)Oc1cccc(C)c1)NCCNC(=O)C(C)(C)C.I. The van der Waals surface area contributed by atoms with Crippen LogP contribution in [0.5, 0.6) is 5.75 Å². The number of hydrogen-bond acceptors (Lipinski definition) is 3. The van der Waals surface area contributed by atoms with Crippen molar-refractivity contribution in [3.63, 3.8) is 0 Å². The molecule has 1 amide bonds. The molecular formula is C20H35IN4O2. The highest BCUT2D eigenvalue weighted by Gasteiger charge is 2.20. The fourth-order valence-electron chi connectivity index (χ4n) is 2.14. The molecule has 0 aliphatic heterocycles. The number of carbonyl (C=O) groups excluding carboxylic acids is 1. The van der Waals surface area contributed by atoms with E-state index in [0.717, 1.165) is 18.3 Å². The number of hydrogen-bond donors (Lipinski definition) is 3. The maximum atomic E-state index is 11.8. The molecule has 0 bridgehead atoms. The Kier molecular flexibility index (Phi) is 12.1. The zero-order chi connectivity index (χ0) is 19.6. The number of aliphatic imine (C=N–C) groups is 1. The van der Waals surface area contributed by atoms with Crippen molar-refractivity contribution in [2.24, 2.45) is 10.4 Å². The molecular weight excluding hydrogens is 455 g/mol. The van der Waals surface area contributed by atoms with Gasteiger partial charge in [-0.05, 0) is 38.5 Å². The van der Waals surface area contributed by atoms with E-state index in [1.807, 2.05) is 65.8 Å².